The molecule has 1 aromatic rings. The number of carbonyl (C=O) groups is 1. The molecule has 24 heavy (non-hydrogen) atoms. The number of nitrogens with zero attached hydrogens (tertiary/aromatic N) is 1. The molecule has 0 bridgehead atoms. The lowest BCUT2D eigenvalue weighted by atomic mass is 9.81. The molecule has 0 aromatic heterocycles. The van der Waals surface area contributed by atoms with Crippen LogP contribution in [0.5, 0.6) is 0 Å². The Labute approximate surface area is 146 Å². The van der Waals surface area contributed by atoms with E-state index >= 15 is 0 Å². The molecule has 0 spiro atoms. The van der Waals surface area contributed by atoms with Crippen LogP contribution in [0.1, 0.15) is 38.8 Å². The lowest BCUT2D eigenvalue weighted by molar-refractivity contribution is 0.0151. The molecule has 3 N–H and O–H groups in total. The van der Waals surface area contributed by atoms with E-state index in [1.807, 2.05) is 60.0 Å². The molecule has 0 saturated carbocycles. The Kier molecular flexibility index (Phi) is 7.70. The van der Waals surface area contributed by atoms with Gasteiger partial charge in [0.1, 0.15) is 0 Å². The maximum absolute atomic E-state index is 12.1. The van der Waals surface area contributed by atoms with E-state index in [1.54, 1.807) is 0 Å². The van der Waals surface area contributed by atoms with E-state index < -0.39 is 6.10 Å². The van der Waals surface area contributed by atoms with Gasteiger partial charge in [0.2, 0.25) is 0 Å². The molecule has 0 aliphatic carbocycles. The predicted molar refractivity (Wildman–Crippen MR) is 98.7 cm³/mol. The van der Waals surface area contributed by atoms with Gasteiger partial charge in [-0.1, -0.05) is 52.0 Å². The second-order valence-electron chi connectivity index (χ2n) is 7.72. The molecule has 1 aromatic carbocycles. The van der Waals surface area contributed by atoms with E-state index in [2.05, 4.69) is 21.6 Å². The Balaban J connectivity index is 2.53. The quantitative estimate of drug-likeness (QED) is 0.684. The minimum absolute atomic E-state index is 0.155. The zero-order valence-corrected chi connectivity index (χ0v) is 15.9. The second-order valence-corrected chi connectivity index (χ2v) is 7.72. The monoisotopic (exact) mass is 335 g/mol. The number of aliphatic hydroxyl groups excluding tert-OH is 1. The highest BCUT2D eigenvalue weighted by Crippen LogP contribution is 2.24. The largest absolute Gasteiger partial charge is 0.392 e. The highest BCUT2D eigenvalue weighted by Gasteiger charge is 2.30. The topological polar surface area (TPSA) is 64.6 Å². The first-order valence-electron chi connectivity index (χ1n) is 8.54. The summed E-state index contributed by atoms with van der Waals surface area (Å²) in [6.07, 6.45) is -0.460. The average Bonchev–Trinajstić information content (AvgIpc) is 2.50. The molecule has 0 saturated heterocycles. The molecule has 0 aliphatic heterocycles. The maximum Gasteiger partial charge on any atom is 0.315 e. The third kappa shape index (κ3) is 6.49. The number of rotatable bonds is 8. The summed E-state index contributed by atoms with van der Waals surface area (Å²) < 4.78 is 0. The number of aliphatic hydroxyl groups is 1. The minimum Gasteiger partial charge on any atom is -0.392 e. The van der Waals surface area contributed by atoms with Crippen LogP contribution in [0.4, 0.5) is 4.79 Å². The molecular weight excluding hydrogens is 302 g/mol. The van der Waals surface area contributed by atoms with Crippen molar-refractivity contribution in [3.8, 4) is 0 Å². The van der Waals surface area contributed by atoms with Gasteiger partial charge in [-0.25, -0.2) is 4.79 Å². The van der Waals surface area contributed by atoms with Gasteiger partial charge in [-0.3, -0.25) is 0 Å². The van der Waals surface area contributed by atoms with Crippen LogP contribution in [0.15, 0.2) is 24.3 Å². The van der Waals surface area contributed by atoms with Crippen LogP contribution in [0.3, 0.4) is 0 Å². The first-order chi connectivity index (χ1) is 11.1. The molecule has 1 unspecified atom stereocenters. The molecule has 0 aliphatic rings. The second kappa shape index (κ2) is 9.04. The van der Waals surface area contributed by atoms with Crippen molar-refractivity contribution in [3.05, 3.63) is 35.4 Å². The Bertz CT molecular complexity index is 527. The third-order valence-electron chi connectivity index (χ3n) is 4.18. The van der Waals surface area contributed by atoms with E-state index in [0.29, 0.717) is 13.1 Å². The van der Waals surface area contributed by atoms with Crippen LogP contribution >= 0.6 is 0 Å². The summed E-state index contributed by atoms with van der Waals surface area (Å²) in [5.74, 6) is 0.155. The average molecular weight is 335 g/mol. The van der Waals surface area contributed by atoms with Crippen molar-refractivity contribution < 1.29 is 9.90 Å². The van der Waals surface area contributed by atoms with Crippen molar-refractivity contribution in [1.82, 2.24) is 15.5 Å². The van der Waals surface area contributed by atoms with Crippen molar-refractivity contribution >= 4 is 6.03 Å². The van der Waals surface area contributed by atoms with Gasteiger partial charge in [-0.05, 0) is 31.1 Å². The van der Waals surface area contributed by atoms with Crippen LogP contribution in [-0.4, -0.2) is 42.8 Å². The number of urea groups is 1. The van der Waals surface area contributed by atoms with Gasteiger partial charge in [0.05, 0.1) is 6.10 Å². The molecule has 0 radical (unpaired) electrons. The van der Waals surface area contributed by atoms with Crippen molar-refractivity contribution in [3.63, 3.8) is 0 Å². The number of nitrogens with one attached hydrogen (secondary N) is 2. The highest BCUT2D eigenvalue weighted by molar-refractivity contribution is 5.73. The van der Waals surface area contributed by atoms with Crippen molar-refractivity contribution in [2.45, 2.75) is 46.9 Å². The van der Waals surface area contributed by atoms with E-state index in [9.17, 15) is 9.90 Å². The molecular formula is C19H33N3O2. The number of benzene rings is 1. The normalized spacial score (nSPS) is 13.2. The highest BCUT2D eigenvalue weighted by atomic mass is 16.3. The Morgan fingerprint density at radius 2 is 1.75 bits per heavy atom. The van der Waals surface area contributed by atoms with Crippen LogP contribution in [0, 0.1) is 11.3 Å². The molecule has 1 rings (SSSR count). The van der Waals surface area contributed by atoms with Gasteiger partial charge in [-0.15, -0.1) is 0 Å². The number of amides is 2. The van der Waals surface area contributed by atoms with Gasteiger partial charge in [-0.2, -0.15) is 0 Å². The number of hydrogen-bond acceptors (Lipinski definition) is 3. The first kappa shape index (κ1) is 20.5. The van der Waals surface area contributed by atoms with E-state index in [-0.39, 0.29) is 17.4 Å². The zero-order chi connectivity index (χ0) is 18.3. The summed E-state index contributed by atoms with van der Waals surface area (Å²) in [4.78, 5) is 14.2. The summed E-state index contributed by atoms with van der Waals surface area (Å²) in [5.41, 5.74) is 1.95. The molecule has 136 valence electrons. The first-order valence-corrected chi connectivity index (χ1v) is 8.54. The van der Waals surface area contributed by atoms with Gasteiger partial charge in [0.15, 0.2) is 0 Å². The Morgan fingerprint density at radius 3 is 2.29 bits per heavy atom. The van der Waals surface area contributed by atoms with Gasteiger partial charge in [0, 0.05) is 25.0 Å². The molecule has 2 amide bonds. The zero-order valence-electron chi connectivity index (χ0n) is 15.9. The predicted octanol–water partition coefficient (Wildman–Crippen LogP) is 2.59. The lowest BCUT2D eigenvalue weighted by Gasteiger charge is -2.33. The Hall–Kier alpha value is -1.59. The molecule has 0 heterocycles. The maximum atomic E-state index is 12.1. The van der Waals surface area contributed by atoms with E-state index in [4.69, 9.17) is 0 Å². The molecule has 5 nitrogen and oxygen atoms in total. The summed E-state index contributed by atoms with van der Waals surface area (Å²) in [6.45, 7) is 9.64. The van der Waals surface area contributed by atoms with Crippen molar-refractivity contribution in [2.75, 3.05) is 20.6 Å². The van der Waals surface area contributed by atoms with E-state index in [0.717, 1.165) is 12.1 Å². The third-order valence-corrected chi connectivity index (χ3v) is 4.18. The van der Waals surface area contributed by atoms with E-state index in [1.165, 1.54) is 5.56 Å². The van der Waals surface area contributed by atoms with Crippen LogP contribution in [-0.2, 0) is 13.1 Å². The van der Waals surface area contributed by atoms with Crippen molar-refractivity contribution in [2.24, 2.45) is 11.3 Å². The fraction of sp³-hybridized carbons (Fsp3) is 0.632. The SMILES string of the molecule is CC(C)C(O)C(C)(C)CNC(=O)NCc1ccccc1CN(C)C. The van der Waals surface area contributed by atoms with Crippen LogP contribution in [0.2, 0.25) is 0 Å². The van der Waals surface area contributed by atoms with Crippen LogP contribution in [0.25, 0.3) is 0 Å². The molecule has 5 heteroatoms. The lowest BCUT2D eigenvalue weighted by Crippen LogP contribution is -2.46. The standard InChI is InChI=1S/C19H33N3O2/c1-14(2)17(23)19(3,4)13-21-18(24)20-11-15-9-7-8-10-16(15)12-22(5)6/h7-10,14,17,23H,11-13H2,1-6H3,(H2,20,21,24). The number of carbonyl (C=O) groups excluding carboxylic acids is 1. The fourth-order valence-corrected chi connectivity index (χ4v) is 2.78. The molecule has 1 atom stereocenters. The Morgan fingerprint density at radius 1 is 1.17 bits per heavy atom. The summed E-state index contributed by atoms with van der Waals surface area (Å²) in [5, 5.41) is 16.0. The minimum atomic E-state index is -0.460. The van der Waals surface area contributed by atoms with Gasteiger partial charge in [0.25, 0.3) is 0 Å². The van der Waals surface area contributed by atoms with Crippen LogP contribution < -0.4 is 10.6 Å². The fourth-order valence-electron chi connectivity index (χ4n) is 2.78. The molecule has 0 fully saturated rings. The smallest absolute Gasteiger partial charge is 0.315 e. The summed E-state index contributed by atoms with van der Waals surface area (Å²) in [6, 6.07) is 7.90. The van der Waals surface area contributed by atoms with Gasteiger partial charge >= 0.3 is 6.03 Å². The summed E-state index contributed by atoms with van der Waals surface area (Å²) >= 11 is 0. The summed E-state index contributed by atoms with van der Waals surface area (Å²) in [7, 11) is 4.05. The van der Waals surface area contributed by atoms with Crippen molar-refractivity contribution in [1.29, 1.82) is 0 Å². The van der Waals surface area contributed by atoms with Gasteiger partial charge < -0.3 is 20.6 Å². The number of hydrogen-bond donors (Lipinski definition) is 3.